The van der Waals surface area contributed by atoms with E-state index < -0.39 is 0 Å². The number of halogens is 1. The molecule has 1 unspecified atom stereocenters. The molecule has 0 radical (unpaired) electrons. The average Bonchev–Trinajstić information content (AvgIpc) is 2.15. The minimum absolute atomic E-state index is 0. The molecule has 1 rings (SSSR count). The van der Waals surface area contributed by atoms with E-state index in [9.17, 15) is 0 Å². The van der Waals surface area contributed by atoms with E-state index in [0.29, 0.717) is 0 Å². The maximum absolute atomic E-state index is 5.10. The SMILES string of the molecule is Br.COc1ccc(PCC(C)C)cc1. The van der Waals surface area contributed by atoms with Gasteiger partial charge in [-0.3, -0.25) is 0 Å². The molecule has 0 aromatic heterocycles. The van der Waals surface area contributed by atoms with Gasteiger partial charge in [0.05, 0.1) is 7.11 Å². The van der Waals surface area contributed by atoms with Crippen LogP contribution in [0.5, 0.6) is 5.75 Å². The average molecular weight is 277 g/mol. The van der Waals surface area contributed by atoms with Gasteiger partial charge in [0.25, 0.3) is 0 Å². The number of hydrogen-bond acceptors (Lipinski definition) is 1. The fourth-order valence-electron chi connectivity index (χ4n) is 1.03. The monoisotopic (exact) mass is 276 g/mol. The maximum Gasteiger partial charge on any atom is 0.118 e. The molecule has 80 valence electrons. The minimum Gasteiger partial charge on any atom is -0.497 e. The molecule has 0 heterocycles. The van der Waals surface area contributed by atoms with Crippen LogP contribution in [0.3, 0.4) is 0 Å². The van der Waals surface area contributed by atoms with Gasteiger partial charge in [-0.2, -0.15) is 0 Å². The van der Waals surface area contributed by atoms with Gasteiger partial charge in [-0.15, -0.1) is 17.0 Å². The predicted molar refractivity (Wildman–Crippen MR) is 71.0 cm³/mol. The predicted octanol–water partition coefficient (Wildman–Crippen LogP) is 3.23. The van der Waals surface area contributed by atoms with Crippen molar-refractivity contribution >= 4 is 30.9 Å². The van der Waals surface area contributed by atoms with Gasteiger partial charge < -0.3 is 4.74 Å². The van der Waals surface area contributed by atoms with Crippen LogP contribution in [0.15, 0.2) is 24.3 Å². The number of rotatable bonds is 4. The second kappa shape index (κ2) is 7.25. The fourth-order valence-corrected chi connectivity index (χ4v) is 2.08. The van der Waals surface area contributed by atoms with Crippen LogP contribution in [0.2, 0.25) is 0 Å². The van der Waals surface area contributed by atoms with Gasteiger partial charge in [0, 0.05) is 0 Å². The lowest BCUT2D eigenvalue weighted by Crippen LogP contribution is -1.98. The molecule has 3 heteroatoms. The van der Waals surface area contributed by atoms with Crippen LogP contribution >= 0.6 is 25.6 Å². The lowest BCUT2D eigenvalue weighted by molar-refractivity contribution is 0.415. The van der Waals surface area contributed by atoms with E-state index in [1.54, 1.807) is 7.11 Å². The lowest BCUT2D eigenvalue weighted by Gasteiger charge is -2.05. The van der Waals surface area contributed by atoms with Crippen LogP contribution in [-0.2, 0) is 0 Å². The Kier molecular flexibility index (Phi) is 7.22. The van der Waals surface area contributed by atoms with Crippen molar-refractivity contribution in [3.05, 3.63) is 24.3 Å². The topological polar surface area (TPSA) is 9.23 Å². The van der Waals surface area contributed by atoms with E-state index in [1.807, 2.05) is 12.1 Å². The molecule has 0 spiro atoms. The highest BCUT2D eigenvalue weighted by atomic mass is 79.9. The normalized spacial score (nSPS) is 10.6. The molecule has 1 aromatic carbocycles. The third kappa shape index (κ3) is 4.97. The molecule has 0 saturated carbocycles. The van der Waals surface area contributed by atoms with Gasteiger partial charge in [-0.25, -0.2) is 0 Å². The molecule has 1 aromatic rings. The second-order valence-corrected chi connectivity index (χ2v) is 4.84. The summed E-state index contributed by atoms with van der Waals surface area (Å²) in [7, 11) is 2.63. The molecular weight excluding hydrogens is 259 g/mol. The molecule has 0 amide bonds. The first-order valence-corrected chi connectivity index (χ1v) is 5.81. The molecule has 0 aliphatic heterocycles. The first kappa shape index (κ1) is 13.9. The van der Waals surface area contributed by atoms with Crippen molar-refractivity contribution in [2.75, 3.05) is 13.3 Å². The largest absolute Gasteiger partial charge is 0.497 e. The number of benzene rings is 1. The first-order valence-electron chi connectivity index (χ1n) is 4.60. The molecule has 0 aliphatic carbocycles. The van der Waals surface area contributed by atoms with Crippen LogP contribution in [0.25, 0.3) is 0 Å². The van der Waals surface area contributed by atoms with Crippen molar-refractivity contribution in [3.8, 4) is 5.75 Å². The van der Waals surface area contributed by atoms with E-state index >= 15 is 0 Å². The summed E-state index contributed by atoms with van der Waals surface area (Å²) in [4.78, 5) is 0. The van der Waals surface area contributed by atoms with Gasteiger partial charge in [0.15, 0.2) is 0 Å². The summed E-state index contributed by atoms with van der Waals surface area (Å²) in [5, 5.41) is 1.43. The number of methoxy groups -OCH3 is 1. The van der Waals surface area contributed by atoms with Crippen molar-refractivity contribution < 1.29 is 4.74 Å². The van der Waals surface area contributed by atoms with Crippen molar-refractivity contribution in [2.45, 2.75) is 13.8 Å². The zero-order chi connectivity index (χ0) is 9.68. The number of ether oxygens (including phenoxy) is 1. The highest BCUT2D eigenvalue weighted by Gasteiger charge is 1.96. The Balaban J connectivity index is 0.00000169. The van der Waals surface area contributed by atoms with Gasteiger partial charge >= 0.3 is 0 Å². The molecule has 14 heavy (non-hydrogen) atoms. The molecule has 0 fully saturated rings. The molecule has 1 nitrogen and oxygen atoms in total. The summed E-state index contributed by atoms with van der Waals surface area (Å²) in [6.45, 7) is 4.52. The Morgan fingerprint density at radius 1 is 1.21 bits per heavy atom. The van der Waals surface area contributed by atoms with Gasteiger partial charge in [0.1, 0.15) is 5.75 Å². The van der Waals surface area contributed by atoms with E-state index in [0.717, 1.165) is 20.2 Å². The summed E-state index contributed by atoms with van der Waals surface area (Å²) in [5.41, 5.74) is 0. The van der Waals surface area contributed by atoms with E-state index in [-0.39, 0.29) is 17.0 Å². The van der Waals surface area contributed by atoms with E-state index in [1.165, 1.54) is 11.5 Å². The molecule has 0 N–H and O–H groups in total. The summed E-state index contributed by atoms with van der Waals surface area (Å²) in [5.74, 6) is 1.73. The van der Waals surface area contributed by atoms with Crippen LogP contribution in [0.4, 0.5) is 0 Å². The highest BCUT2D eigenvalue weighted by Crippen LogP contribution is 2.16. The zero-order valence-corrected chi connectivity index (χ0v) is 11.6. The summed E-state index contributed by atoms with van der Waals surface area (Å²) in [6.07, 6.45) is 1.28. The Bertz CT molecular complexity index is 246. The molecular formula is C11H18BrOP. The van der Waals surface area contributed by atoms with Gasteiger partial charge in [-0.05, 0) is 29.5 Å². The van der Waals surface area contributed by atoms with Crippen molar-refractivity contribution in [3.63, 3.8) is 0 Å². The third-order valence-corrected chi connectivity index (χ3v) is 3.57. The molecule has 1 atom stereocenters. The van der Waals surface area contributed by atoms with Crippen LogP contribution in [-0.4, -0.2) is 13.3 Å². The highest BCUT2D eigenvalue weighted by molar-refractivity contribution is 8.93. The Morgan fingerprint density at radius 2 is 1.79 bits per heavy atom. The smallest absolute Gasteiger partial charge is 0.118 e. The van der Waals surface area contributed by atoms with Gasteiger partial charge in [-0.1, -0.05) is 34.6 Å². The van der Waals surface area contributed by atoms with Crippen molar-refractivity contribution in [2.24, 2.45) is 5.92 Å². The van der Waals surface area contributed by atoms with Crippen LogP contribution in [0.1, 0.15) is 13.8 Å². The van der Waals surface area contributed by atoms with E-state index in [2.05, 4.69) is 26.0 Å². The summed E-state index contributed by atoms with van der Waals surface area (Å²) < 4.78 is 5.10. The van der Waals surface area contributed by atoms with Gasteiger partial charge in [0.2, 0.25) is 0 Å². The molecule has 0 aliphatic rings. The minimum atomic E-state index is 0. The fraction of sp³-hybridized carbons (Fsp3) is 0.455. The Labute approximate surface area is 98.8 Å². The summed E-state index contributed by atoms with van der Waals surface area (Å²) in [6, 6.07) is 8.37. The van der Waals surface area contributed by atoms with E-state index in [4.69, 9.17) is 4.74 Å². The zero-order valence-electron chi connectivity index (χ0n) is 8.91. The summed E-state index contributed by atoms with van der Waals surface area (Å²) >= 11 is 0. The van der Waals surface area contributed by atoms with Crippen molar-refractivity contribution in [1.82, 2.24) is 0 Å². The molecule has 0 bridgehead atoms. The second-order valence-electron chi connectivity index (χ2n) is 3.50. The molecule has 0 saturated heterocycles. The quantitative estimate of drug-likeness (QED) is 0.768. The van der Waals surface area contributed by atoms with Crippen LogP contribution < -0.4 is 10.0 Å². The first-order chi connectivity index (χ1) is 6.22. The van der Waals surface area contributed by atoms with Crippen LogP contribution in [0, 0.1) is 5.92 Å². The lowest BCUT2D eigenvalue weighted by atomic mass is 10.3. The Hall–Kier alpha value is -0.0700. The Morgan fingerprint density at radius 3 is 2.21 bits per heavy atom. The number of hydrogen-bond donors (Lipinski definition) is 0. The maximum atomic E-state index is 5.10. The third-order valence-electron chi connectivity index (χ3n) is 1.80. The standard InChI is InChI=1S/C11H17OP.BrH/c1-9(2)8-13-11-6-4-10(12-3)5-7-11;/h4-7,9,13H,8H2,1-3H3;1H. The van der Waals surface area contributed by atoms with Crippen molar-refractivity contribution in [1.29, 1.82) is 0 Å².